The molecule has 2 nitrogen and oxygen atoms in total. The van der Waals surface area contributed by atoms with E-state index in [0.717, 1.165) is 25.7 Å². The second-order valence-corrected chi connectivity index (χ2v) is 8.53. The summed E-state index contributed by atoms with van der Waals surface area (Å²) in [6, 6.07) is 0. The summed E-state index contributed by atoms with van der Waals surface area (Å²) in [6.07, 6.45) is 25.0. The molecule has 0 heterocycles. The predicted molar refractivity (Wildman–Crippen MR) is 120 cm³/mol. The van der Waals surface area contributed by atoms with Crippen molar-refractivity contribution in [2.75, 3.05) is 0 Å². The van der Waals surface area contributed by atoms with Crippen LogP contribution in [0.2, 0.25) is 0 Å². The molecule has 0 aliphatic carbocycles. The van der Waals surface area contributed by atoms with Crippen molar-refractivity contribution >= 4 is 0 Å². The smallest absolute Gasteiger partial charge is 0.154 e. The van der Waals surface area contributed by atoms with E-state index in [9.17, 15) is 5.11 Å². The number of hydrogen-bond donors (Lipinski definition) is 1. The van der Waals surface area contributed by atoms with Gasteiger partial charge in [0.1, 0.15) is 0 Å². The van der Waals surface area contributed by atoms with Gasteiger partial charge < -0.3 is 9.84 Å². The molecule has 0 rings (SSSR count). The Balaban J connectivity index is 3.98. The second kappa shape index (κ2) is 22.2. The maximum Gasteiger partial charge on any atom is 0.154 e. The molecule has 0 bridgehead atoms. The van der Waals surface area contributed by atoms with Gasteiger partial charge in [0.05, 0.1) is 6.10 Å². The van der Waals surface area contributed by atoms with Crippen LogP contribution in [0.4, 0.5) is 0 Å². The maximum absolute atomic E-state index is 10.3. The highest BCUT2D eigenvalue weighted by Gasteiger charge is 2.14. The summed E-state index contributed by atoms with van der Waals surface area (Å²) in [7, 11) is 0. The van der Waals surface area contributed by atoms with Crippen molar-refractivity contribution in [1.29, 1.82) is 0 Å². The highest BCUT2D eigenvalue weighted by molar-refractivity contribution is 4.62. The highest BCUT2D eigenvalue weighted by Crippen LogP contribution is 2.19. The summed E-state index contributed by atoms with van der Waals surface area (Å²) in [5.74, 6) is 0. The third-order valence-corrected chi connectivity index (χ3v) is 5.66. The molecule has 1 N–H and O–H groups in total. The zero-order valence-electron chi connectivity index (χ0n) is 19.2. The van der Waals surface area contributed by atoms with Gasteiger partial charge in [-0.2, -0.15) is 0 Å². The number of aliphatic hydroxyl groups is 1. The van der Waals surface area contributed by atoms with Gasteiger partial charge in [0, 0.05) is 0 Å². The summed E-state index contributed by atoms with van der Waals surface area (Å²) < 4.78 is 6.07. The molecule has 0 aromatic carbocycles. The Kier molecular flexibility index (Phi) is 22.1. The highest BCUT2D eigenvalue weighted by atomic mass is 16.6. The summed E-state index contributed by atoms with van der Waals surface area (Å²) in [4.78, 5) is 0. The molecule has 27 heavy (non-hydrogen) atoms. The van der Waals surface area contributed by atoms with Crippen molar-refractivity contribution < 1.29 is 9.84 Å². The molecule has 0 saturated carbocycles. The molecule has 0 aliphatic rings. The Morgan fingerprint density at radius 3 is 1.22 bits per heavy atom. The van der Waals surface area contributed by atoms with Crippen LogP contribution < -0.4 is 0 Å². The van der Waals surface area contributed by atoms with E-state index in [1.807, 2.05) is 0 Å². The summed E-state index contributed by atoms with van der Waals surface area (Å²) in [5, 5.41) is 10.3. The van der Waals surface area contributed by atoms with Crippen molar-refractivity contribution in [2.45, 2.75) is 162 Å². The maximum atomic E-state index is 10.3. The molecule has 0 radical (unpaired) electrons. The molecule has 0 aliphatic heterocycles. The quantitative estimate of drug-likeness (QED) is 0.150. The van der Waals surface area contributed by atoms with Crippen LogP contribution in [0.1, 0.15) is 149 Å². The van der Waals surface area contributed by atoms with Gasteiger partial charge in [-0.15, -0.1) is 0 Å². The van der Waals surface area contributed by atoms with Gasteiger partial charge >= 0.3 is 0 Å². The molecule has 2 heteroatoms. The van der Waals surface area contributed by atoms with E-state index in [1.165, 1.54) is 103 Å². The van der Waals surface area contributed by atoms with E-state index in [2.05, 4.69) is 20.8 Å². The third-order valence-electron chi connectivity index (χ3n) is 5.66. The Morgan fingerprint density at radius 2 is 0.815 bits per heavy atom. The lowest BCUT2D eigenvalue weighted by Gasteiger charge is -2.22. The van der Waals surface area contributed by atoms with Crippen molar-refractivity contribution in [2.24, 2.45) is 0 Å². The largest absolute Gasteiger partial charge is 0.368 e. The molecule has 1 atom stereocenters. The predicted octanol–water partition coefficient (Wildman–Crippen LogP) is 8.55. The van der Waals surface area contributed by atoms with Crippen LogP contribution >= 0.6 is 0 Å². The van der Waals surface area contributed by atoms with Crippen molar-refractivity contribution in [3.63, 3.8) is 0 Å². The first-order valence-corrected chi connectivity index (χ1v) is 12.6. The number of rotatable bonds is 22. The number of unbranched alkanes of at least 4 members (excludes halogenated alkanes) is 14. The summed E-state index contributed by atoms with van der Waals surface area (Å²) in [6.45, 7) is 6.79. The standard InChI is InChI=1S/C25H52O2/c1-4-7-10-13-16-18-21-24(22-19-17-14-11-8-5-2)27-25(26)23-20-15-12-9-6-3/h24-26H,4-23H2,1-3H3. The average molecular weight is 385 g/mol. The van der Waals surface area contributed by atoms with E-state index in [4.69, 9.17) is 4.74 Å². The summed E-state index contributed by atoms with van der Waals surface area (Å²) >= 11 is 0. The van der Waals surface area contributed by atoms with Gasteiger partial charge in [0.2, 0.25) is 0 Å². The number of ether oxygens (including phenoxy) is 1. The monoisotopic (exact) mass is 384 g/mol. The van der Waals surface area contributed by atoms with Gasteiger partial charge in [0.25, 0.3) is 0 Å². The van der Waals surface area contributed by atoms with Crippen LogP contribution in [0.3, 0.4) is 0 Å². The molecule has 0 aromatic rings. The molecule has 164 valence electrons. The molecule has 0 spiro atoms. The van der Waals surface area contributed by atoms with Gasteiger partial charge in [0.15, 0.2) is 6.29 Å². The zero-order chi connectivity index (χ0) is 20.0. The van der Waals surface area contributed by atoms with Gasteiger partial charge in [-0.1, -0.05) is 124 Å². The van der Waals surface area contributed by atoms with Crippen LogP contribution in [0, 0.1) is 0 Å². The Bertz CT molecular complexity index is 251. The molecule has 1 unspecified atom stereocenters. The van der Waals surface area contributed by atoms with Crippen molar-refractivity contribution in [3.05, 3.63) is 0 Å². The molecule has 0 aromatic heterocycles. The average Bonchev–Trinajstić information content (AvgIpc) is 2.66. The molecule has 0 fully saturated rings. The van der Waals surface area contributed by atoms with E-state index in [0.29, 0.717) is 0 Å². The van der Waals surface area contributed by atoms with E-state index in [-0.39, 0.29) is 6.10 Å². The van der Waals surface area contributed by atoms with Crippen molar-refractivity contribution in [1.82, 2.24) is 0 Å². The molecular weight excluding hydrogens is 332 g/mol. The van der Waals surface area contributed by atoms with Crippen LogP contribution in [0.5, 0.6) is 0 Å². The SMILES string of the molecule is CCCCCCCCC(CCCCCCCC)OC(O)CCCCCCC. The topological polar surface area (TPSA) is 29.5 Å². The first-order chi connectivity index (χ1) is 13.2. The van der Waals surface area contributed by atoms with E-state index >= 15 is 0 Å². The first kappa shape index (κ1) is 26.9. The van der Waals surface area contributed by atoms with Crippen LogP contribution in [-0.4, -0.2) is 17.5 Å². The van der Waals surface area contributed by atoms with Crippen LogP contribution in [0.15, 0.2) is 0 Å². The Morgan fingerprint density at radius 1 is 0.481 bits per heavy atom. The minimum absolute atomic E-state index is 0.271. The Labute approximate surface area is 171 Å². The summed E-state index contributed by atoms with van der Waals surface area (Å²) in [5.41, 5.74) is 0. The molecule has 0 saturated heterocycles. The van der Waals surface area contributed by atoms with E-state index < -0.39 is 6.29 Å². The fourth-order valence-corrected chi connectivity index (χ4v) is 3.80. The Hall–Kier alpha value is -0.0800. The molecule has 0 amide bonds. The van der Waals surface area contributed by atoms with Gasteiger partial charge in [-0.05, 0) is 25.7 Å². The van der Waals surface area contributed by atoms with Crippen molar-refractivity contribution in [3.8, 4) is 0 Å². The number of aliphatic hydroxyl groups excluding tert-OH is 1. The van der Waals surface area contributed by atoms with E-state index in [1.54, 1.807) is 0 Å². The fourth-order valence-electron chi connectivity index (χ4n) is 3.80. The fraction of sp³-hybridized carbons (Fsp3) is 1.00. The second-order valence-electron chi connectivity index (χ2n) is 8.53. The molecular formula is C25H52O2. The van der Waals surface area contributed by atoms with Crippen LogP contribution in [-0.2, 0) is 4.74 Å². The lowest BCUT2D eigenvalue weighted by molar-refractivity contribution is -0.144. The lowest BCUT2D eigenvalue weighted by Crippen LogP contribution is -2.22. The first-order valence-electron chi connectivity index (χ1n) is 12.6. The zero-order valence-corrected chi connectivity index (χ0v) is 19.2. The van der Waals surface area contributed by atoms with Gasteiger partial charge in [-0.25, -0.2) is 0 Å². The minimum atomic E-state index is -0.545. The third kappa shape index (κ3) is 20.5. The van der Waals surface area contributed by atoms with Gasteiger partial charge in [-0.3, -0.25) is 0 Å². The minimum Gasteiger partial charge on any atom is -0.368 e. The lowest BCUT2D eigenvalue weighted by atomic mass is 10.0. The number of hydrogen-bond acceptors (Lipinski definition) is 2. The van der Waals surface area contributed by atoms with Crippen LogP contribution in [0.25, 0.3) is 0 Å². The normalized spacial score (nSPS) is 12.8.